The van der Waals surface area contributed by atoms with E-state index >= 15 is 0 Å². The van der Waals surface area contributed by atoms with Crippen LogP contribution in [0.15, 0.2) is 40.6 Å². The van der Waals surface area contributed by atoms with Crippen LogP contribution >= 0.6 is 11.3 Å². The second kappa shape index (κ2) is 5.85. The van der Waals surface area contributed by atoms with Crippen LogP contribution in [0.4, 0.5) is 0 Å². The molecule has 1 saturated heterocycles. The number of hydrogen-bond donors (Lipinski definition) is 0. The maximum absolute atomic E-state index is 12.6. The minimum atomic E-state index is -0.0854. The zero-order valence-corrected chi connectivity index (χ0v) is 12.8. The van der Waals surface area contributed by atoms with Gasteiger partial charge in [-0.25, -0.2) is 0 Å². The summed E-state index contributed by atoms with van der Waals surface area (Å²) >= 11 is 1.69. The highest BCUT2D eigenvalue weighted by Crippen LogP contribution is 2.34. The molecule has 1 amide bonds. The predicted octanol–water partition coefficient (Wildman–Crippen LogP) is 2.58. The van der Waals surface area contributed by atoms with E-state index in [9.17, 15) is 9.59 Å². The van der Waals surface area contributed by atoms with E-state index in [1.807, 2.05) is 22.4 Å². The normalized spacial score (nSPS) is 18.1. The van der Waals surface area contributed by atoms with E-state index in [2.05, 4.69) is 6.07 Å². The van der Waals surface area contributed by atoms with Gasteiger partial charge in [-0.1, -0.05) is 12.1 Å². The highest BCUT2D eigenvalue weighted by atomic mass is 32.1. The Morgan fingerprint density at radius 1 is 1.38 bits per heavy atom. The van der Waals surface area contributed by atoms with Crippen LogP contribution in [0, 0.1) is 6.92 Å². The maximum atomic E-state index is 12.6. The lowest BCUT2D eigenvalue weighted by Gasteiger charge is -2.24. The van der Waals surface area contributed by atoms with Gasteiger partial charge in [0.1, 0.15) is 6.54 Å². The largest absolute Gasteiger partial charge is 0.333 e. The second-order valence-electron chi connectivity index (χ2n) is 5.38. The van der Waals surface area contributed by atoms with Gasteiger partial charge in [0.15, 0.2) is 0 Å². The van der Waals surface area contributed by atoms with E-state index in [4.69, 9.17) is 0 Å². The number of likely N-dealkylation sites (tertiary alicyclic amines) is 1. The summed E-state index contributed by atoms with van der Waals surface area (Å²) in [7, 11) is 0. The smallest absolute Gasteiger partial charge is 0.253 e. The molecule has 0 unspecified atom stereocenters. The van der Waals surface area contributed by atoms with Crippen LogP contribution < -0.4 is 5.56 Å². The molecular weight excluding hydrogens is 284 g/mol. The van der Waals surface area contributed by atoms with Crippen molar-refractivity contribution in [1.29, 1.82) is 0 Å². The van der Waals surface area contributed by atoms with Crippen LogP contribution in [-0.2, 0) is 11.3 Å². The molecule has 0 saturated carbocycles. The third-order valence-corrected chi connectivity index (χ3v) is 4.93. The molecular formula is C16H18N2O2S. The molecule has 0 N–H and O–H groups in total. The van der Waals surface area contributed by atoms with Gasteiger partial charge in [-0.15, -0.1) is 11.3 Å². The molecule has 2 aromatic rings. The standard InChI is InChI=1S/C16H18N2O2S/c1-12-5-2-8-17(16(12)20)11-15(19)18-9-3-6-13(18)14-7-4-10-21-14/h2,4-5,7-8,10,13H,3,6,9,11H2,1H3/t13-/m1/s1. The van der Waals surface area contributed by atoms with Crippen LogP contribution in [0.25, 0.3) is 0 Å². The van der Waals surface area contributed by atoms with E-state index in [1.165, 1.54) is 9.44 Å². The number of nitrogens with zero attached hydrogens (tertiary/aromatic N) is 2. The third kappa shape index (κ3) is 2.78. The van der Waals surface area contributed by atoms with E-state index in [1.54, 1.807) is 30.5 Å². The first-order chi connectivity index (χ1) is 10.2. The number of rotatable bonds is 3. The first-order valence-electron chi connectivity index (χ1n) is 7.16. The van der Waals surface area contributed by atoms with Crippen LogP contribution in [0.1, 0.15) is 29.3 Å². The quantitative estimate of drug-likeness (QED) is 0.874. The van der Waals surface area contributed by atoms with Gasteiger partial charge in [-0.05, 0) is 37.3 Å². The Labute approximate surface area is 127 Å². The number of carbonyl (C=O) groups excluding carboxylic acids is 1. The zero-order chi connectivity index (χ0) is 14.8. The molecule has 4 nitrogen and oxygen atoms in total. The Morgan fingerprint density at radius 2 is 2.24 bits per heavy atom. The van der Waals surface area contributed by atoms with Crippen LogP contribution in [0.2, 0.25) is 0 Å². The molecule has 110 valence electrons. The van der Waals surface area contributed by atoms with Crippen molar-refractivity contribution in [3.8, 4) is 0 Å². The van der Waals surface area contributed by atoms with E-state index in [0.717, 1.165) is 19.4 Å². The third-order valence-electron chi connectivity index (χ3n) is 3.96. The highest BCUT2D eigenvalue weighted by Gasteiger charge is 2.30. The zero-order valence-electron chi connectivity index (χ0n) is 12.0. The fourth-order valence-electron chi connectivity index (χ4n) is 2.86. The summed E-state index contributed by atoms with van der Waals surface area (Å²) in [6.45, 7) is 2.68. The molecule has 1 aliphatic rings. The molecule has 0 aromatic carbocycles. The second-order valence-corrected chi connectivity index (χ2v) is 6.36. The van der Waals surface area contributed by atoms with E-state index in [0.29, 0.717) is 5.56 Å². The minimum absolute atomic E-state index is 0.0265. The Morgan fingerprint density at radius 3 is 3.00 bits per heavy atom. The predicted molar refractivity (Wildman–Crippen MR) is 83.4 cm³/mol. The van der Waals surface area contributed by atoms with E-state index in [-0.39, 0.29) is 24.1 Å². The Bertz CT molecular complexity index is 691. The summed E-state index contributed by atoms with van der Waals surface area (Å²) < 4.78 is 1.50. The first-order valence-corrected chi connectivity index (χ1v) is 8.03. The number of carbonyl (C=O) groups is 1. The molecule has 0 spiro atoms. The van der Waals surface area contributed by atoms with Gasteiger partial charge in [0, 0.05) is 23.2 Å². The summed E-state index contributed by atoms with van der Waals surface area (Å²) in [6.07, 6.45) is 3.72. The van der Waals surface area contributed by atoms with Crippen LogP contribution in [-0.4, -0.2) is 21.9 Å². The van der Waals surface area contributed by atoms with Crippen molar-refractivity contribution in [3.05, 3.63) is 56.6 Å². The highest BCUT2D eigenvalue weighted by molar-refractivity contribution is 7.10. The first kappa shape index (κ1) is 14.1. The summed E-state index contributed by atoms with van der Waals surface area (Å²) in [5.41, 5.74) is 0.583. The monoisotopic (exact) mass is 302 g/mol. The molecule has 0 bridgehead atoms. The lowest BCUT2D eigenvalue weighted by atomic mass is 10.2. The minimum Gasteiger partial charge on any atom is -0.333 e. The number of aryl methyl sites for hydroxylation is 1. The number of hydrogen-bond acceptors (Lipinski definition) is 3. The van der Waals surface area contributed by atoms with Crippen molar-refractivity contribution in [3.63, 3.8) is 0 Å². The maximum Gasteiger partial charge on any atom is 0.253 e. The molecule has 0 radical (unpaired) electrons. The van der Waals surface area contributed by atoms with Gasteiger partial charge in [-0.3, -0.25) is 9.59 Å². The van der Waals surface area contributed by atoms with Crippen molar-refractivity contribution in [2.24, 2.45) is 0 Å². The Kier molecular flexibility index (Phi) is 3.92. The number of amides is 1. The van der Waals surface area contributed by atoms with Gasteiger partial charge in [0.05, 0.1) is 6.04 Å². The fourth-order valence-corrected chi connectivity index (χ4v) is 3.73. The number of aromatic nitrogens is 1. The molecule has 1 aliphatic heterocycles. The van der Waals surface area contributed by atoms with Gasteiger partial charge in [-0.2, -0.15) is 0 Å². The Balaban J connectivity index is 1.79. The number of thiophene rings is 1. The molecule has 0 aliphatic carbocycles. The summed E-state index contributed by atoms with van der Waals surface area (Å²) in [5.74, 6) is 0.0265. The van der Waals surface area contributed by atoms with Crippen LogP contribution in [0.5, 0.6) is 0 Å². The van der Waals surface area contributed by atoms with Gasteiger partial charge < -0.3 is 9.47 Å². The van der Waals surface area contributed by atoms with Gasteiger partial charge >= 0.3 is 0 Å². The molecule has 21 heavy (non-hydrogen) atoms. The van der Waals surface area contributed by atoms with Crippen molar-refractivity contribution >= 4 is 17.2 Å². The van der Waals surface area contributed by atoms with E-state index < -0.39 is 0 Å². The summed E-state index contributed by atoms with van der Waals surface area (Å²) in [5, 5.41) is 2.04. The molecule has 2 aromatic heterocycles. The van der Waals surface area contributed by atoms with Crippen LogP contribution in [0.3, 0.4) is 0 Å². The lowest BCUT2D eigenvalue weighted by Crippen LogP contribution is -2.36. The van der Waals surface area contributed by atoms with Crippen molar-refractivity contribution in [1.82, 2.24) is 9.47 Å². The molecule has 5 heteroatoms. The number of pyridine rings is 1. The fraction of sp³-hybridized carbons (Fsp3) is 0.375. The van der Waals surface area contributed by atoms with Crippen molar-refractivity contribution in [2.45, 2.75) is 32.4 Å². The summed E-state index contributed by atoms with van der Waals surface area (Å²) in [6, 6.07) is 7.86. The molecule has 1 atom stereocenters. The topological polar surface area (TPSA) is 42.3 Å². The molecule has 1 fully saturated rings. The van der Waals surface area contributed by atoms with Gasteiger partial charge in [0.25, 0.3) is 5.56 Å². The Hall–Kier alpha value is -1.88. The summed E-state index contributed by atoms with van der Waals surface area (Å²) in [4.78, 5) is 27.7. The van der Waals surface area contributed by atoms with Gasteiger partial charge in [0.2, 0.25) is 5.91 Å². The molecule has 3 rings (SSSR count). The lowest BCUT2D eigenvalue weighted by molar-refractivity contribution is -0.132. The SMILES string of the molecule is Cc1cccn(CC(=O)N2CCC[C@@H]2c2cccs2)c1=O. The molecule has 3 heterocycles. The van der Waals surface area contributed by atoms with Crippen molar-refractivity contribution in [2.75, 3.05) is 6.54 Å². The average Bonchev–Trinajstić information content (AvgIpc) is 3.13. The van der Waals surface area contributed by atoms with Crippen molar-refractivity contribution < 1.29 is 4.79 Å². The average molecular weight is 302 g/mol.